The molecule has 0 radical (unpaired) electrons. The summed E-state index contributed by atoms with van der Waals surface area (Å²) in [5.41, 5.74) is 33.8. The Balaban J connectivity index is 0.000000103. The van der Waals surface area contributed by atoms with Crippen molar-refractivity contribution in [1.82, 2.24) is 0 Å². The summed E-state index contributed by atoms with van der Waals surface area (Å²) < 4.78 is 19.5. The quantitative estimate of drug-likeness (QED) is 0.135. The number of benzene rings is 26. The number of rotatable bonds is 9. The molecule has 0 N–H and O–H groups in total. The van der Waals surface area contributed by atoms with Gasteiger partial charge in [-0.05, 0) is 310 Å². The van der Waals surface area contributed by atoms with Gasteiger partial charge in [0.15, 0.2) is 0 Å². The third-order valence-electron chi connectivity index (χ3n) is 31.5. The van der Waals surface area contributed by atoms with Gasteiger partial charge in [0, 0.05) is 37.7 Å². The molecule has 2 aliphatic rings. The van der Waals surface area contributed by atoms with E-state index >= 15 is 0 Å². The Morgan fingerprint density at radius 2 is 0.493 bits per heavy atom. The van der Waals surface area contributed by atoms with E-state index in [1.807, 2.05) is 18.2 Å². The second kappa shape index (κ2) is 33.5. The van der Waals surface area contributed by atoms with Gasteiger partial charge in [-0.1, -0.05) is 444 Å². The maximum atomic E-state index is 6.57. The van der Waals surface area contributed by atoms with E-state index in [-0.39, 0.29) is 5.41 Å². The van der Waals surface area contributed by atoms with Crippen LogP contribution in [0, 0.1) is 0 Å². The molecular weight excluding hydrogens is 1740 g/mol. The molecule has 3 aromatic heterocycles. The van der Waals surface area contributed by atoms with Crippen LogP contribution >= 0.6 is 0 Å². The molecule has 0 amide bonds. The van der Waals surface area contributed by atoms with Crippen LogP contribution in [0.4, 0.5) is 0 Å². The van der Waals surface area contributed by atoms with E-state index in [4.69, 9.17) is 13.3 Å². The summed E-state index contributed by atoms with van der Waals surface area (Å²) in [5.74, 6) is 0. The molecule has 0 saturated heterocycles. The van der Waals surface area contributed by atoms with E-state index < -0.39 is 0 Å². The molecule has 0 atom stereocenters. The first kappa shape index (κ1) is 82.8. The third kappa shape index (κ3) is 13.1. The van der Waals surface area contributed by atoms with E-state index in [1.165, 1.54) is 234 Å². The molecule has 1 saturated carbocycles. The van der Waals surface area contributed by atoms with E-state index in [0.29, 0.717) is 0 Å². The SMILES string of the molecule is c1ccc(-c2c3ccccc3c(-c3ccc(-c4cc5c(c6ccccc46)-c4ccccc4C54CCCC4)cc3)c3ccccc23)cc1.c1ccc(-c2c3ccccc3c(-c3ccc4c(c3)oc3cc5ccccc5cc34)c3ccccc23)c(-c2cccc3ccccc23)c1.c1ccc(-c2ccc3c(-c4cc5oc6ccccc6c5c5ccccc45)c4ccccc4c(-c4ccc5c(c4)oc4ccccc45)c3c2)cc1. The van der Waals surface area contributed by atoms with Gasteiger partial charge >= 0.3 is 0 Å². The predicted molar refractivity (Wildman–Crippen MR) is 610 cm³/mol. The highest BCUT2D eigenvalue weighted by atomic mass is 16.3. The summed E-state index contributed by atoms with van der Waals surface area (Å²) >= 11 is 0. The molecule has 672 valence electrons. The topological polar surface area (TPSA) is 39.4 Å². The number of para-hydroxylation sites is 2. The minimum Gasteiger partial charge on any atom is -0.456 e. The van der Waals surface area contributed by atoms with Crippen molar-refractivity contribution in [2.75, 3.05) is 0 Å². The van der Waals surface area contributed by atoms with Crippen LogP contribution in [-0.4, -0.2) is 0 Å². The molecule has 1 spiro atoms. The van der Waals surface area contributed by atoms with Crippen molar-refractivity contribution < 1.29 is 13.3 Å². The highest BCUT2D eigenvalue weighted by molar-refractivity contribution is 6.30. The van der Waals surface area contributed by atoms with Gasteiger partial charge in [-0.25, -0.2) is 0 Å². The van der Waals surface area contributed by atoms with Crippen LogP contribution in [0.25, 0.3) is 285 Å². The predicted octanol–water partition coefficient (Wildman–Crippen LogP) is 40.1. The second-order valence-electron chi connectivity index (χ2n) is 39.1. The zero-order chi connectivity index (χ0) is 94.6. The zero-order valence-electron chi connectivity index (χ0n) is 78.9. The van der Waals surface area contributed by atoms with Crippen molar-refractivity contribution in [3.05, 3.63) is 509 Å². The Hall–Kier alpha value is -18.3. The molecule has 31 rings (SSSR count). The summed E-state index contributed by atoms with van der Waals surface area (Å²) in [4.78, 5) is 0. The lowest BCUT2D eigenvalue weighted by Gasteiger charge is -2.27. The van der Waals surface area contributed by atoms with Crippen LogP contribution in [0.1, 0.15) is 36.8 Å². The van der Waals surface area contributed by atoms with Crippen LogP contribution in [0.15, 0.2) is 511 Å². The summed E-state index contributed by atoms with van der Waals surface area (Å²) in [7, 11) is 0. The van der Waals surface area contributed by atoms with Crippen LogP contribution < -0.4 is 0 Å². The van der Waals surface area contributed by atoms with Crippen LogP contribution in [-0.2, 0) is 5.41 Å². The van der Waals surface area contributed by atoms with Crippen molar-refractivity contribution in [1.29, 1.82) is 0 Å². The monoisotopic (exact) mass is 1830 g/mol. The molecule has 2 aliphatic carbocycles. The van der Waals surface area contributed by atoms with Crippen molar-refractivity contribution in [2.24, 2.45) is 0 Å². The van der Waals surface area contributed by atoms with Gasteiger partial charge in [0.2, 0.25) is 0 Å². The Bertz CT molecular complexity index is 10200. The summed E-state index contributed by atoms with van der Waals surface area (Å²) in [6.45, 7) is 0. The van der Waals surface area contributed by atoms with E-state index in [0.717, 1.165) is 76.9 Å². The average Bonchev–Trinajstić information content (AvgIpc) is 1.50. The fourth-order valence-electron chi connectivity index (χ4n) is 25.2. The Labute approximate surface area is 831 Å². The fourth-order valence-corrected chi connectivity index (χ4v) is 25.2. The number of furan rings is 3. The minimum absolute atomic E-state index is 0.142. The highest BCUT2D eigenvalue weighted by Crippen LogP contribution is 2.61. The van der Waals surface area contributed by atoms with Gasteiger partial charge in [0.05, 0.1) is 0 Å². The van der Waals surface area contributed by atoms with Crippen LogP contribution in [0.2, 0.25) is 0 Å². The largest absolute Gasteiger partial charge is 0.456 e. The number of hydrogen-bond acceptors (Lipinski definition) is 3. The molecule has 3 heteroatoms. The third-order valence-corrected chi connectivity index (χ3v) is 31.5. The lowest BCUT2D eigenvalue weighted by molar-refractivity contribution is 0.550. The number of fused-ring (bicyclic) bond motifs is 26. The zero-order valence-corrected chi connectivity index (χ0v) is 78.9. The lowest BCUT2D eigenvalue weighted by Crippen LogP contribution is -2.20. The molecular formula is C141H90O3. The maximum Gasteiger partial charge on any atom is 0.136 e. The smallest absolute Gasteiger partial charge is 0.136 e. The lowest BCUT2D eigenvalue weighted by atomic mass is 9.75. The van der Waals surface area contributed by atoms with Crippen molar-refractivity contribution in [3.63, 3.8) is 0 Å². The van der Waals surface area contributed by atoms with Crippen molar-refractivity contribution >= 4 is 174 Å². The molecule has 0 unspecified atom stereocenters. The second-order valence-corrected chi connectivity index (χ2v) is 39.1. The van der Waals surface area contributed by atoms with E-state index in [2.05, 4.69) is 479 Å². The summed E-state index contributed by atoms with van der Waals surface area (Å²) in [6, 6.07) is 181. The summed E-state index contributed by atoms with van der Waals surface area (Å²) in [6.07, 6.45) is 5.09. The maximum absolute atomic E-state index is 6.57. The standard InChI is InChI=1S/C48H28O2.C47H34.C46H28O/c1-2-12-29(13-3-1)30-22-25-38-40(26-30)46(31-23-24-34-33-15-8-10-20-42(33)49-44(34)27-31)36-17-6-7-18-37(36)47(38)41-28-45-48(35-16-5-4-14-32(35)41)39-19-9-11-21-43(39)50-45;1-2-14-32(15-3-1)44-36-18-6-8-20-38(36)45(39-21-9-7-19-37(39)44)33-26-24-31(25-27-33)41-30-43-46(35-17-5-4-16-34(35)41)40-22-10-11-23-42(40)47(43)28-12-13-29-47;1-2-14-31-27-44-42(26-30(31)13-1)36-25-24-32(28-43(36)47-44)45-38-19-7-9-21-40(38)46(41-22-10-8-20-39(41)45)37-18-6-5-17-35(37)34-23-11-15-29-12-3-4-16-33(29)34/h1-28H;1-11,14-27,30H,12-13,28-29H2;1-28H. The molecule has 29 aromatic rings. The van der Waals surface area contributed by atoms with Crippen molar-refractivity contribution in [2.45, 2.75) is 31.1 Å². The molecule has 0 aliphatic heterocycles. The van der Waals surface area contributed by atoms with Crippen LogP contribution in [0.3, 0.4) is 0 Å². The average molecular weight is 1830 g/mol. The van der Waals surface area contributed by atoms with Crippen molar-refractivity contribution in [3.8, 4) is 111 Å². The normalized spacial score (nSPS) is 12.8. The first-order valence-electron chi connectivity index (χ1n) is 50.3. The Morgan fingerprint density at radius 1 is 0.139 bits per heavy atom. The van der Waals surface area contributed by atoms with Gasteiger partial charge in [-0.2, -0.15) is 0 Å². The highest BCUT2D eigenvalue weighted by Gasteiger charge is 2.46. The molecule has 1 fully saturated rings. The van der Waals surface area contributed by atoms with Gasteiger partial charge in [-0.15, -0.1) is 0 Å². The van der Waals surface area contributed by atoms with Gasteiger partial charge in [0.25, 0.3) is 0 Å². The van der Waals surface area contributed by atoms with E-state index in [9.17, 15) is 0 Å². The van der Waals surface area contributed by atoms with Gasteiger partial charge in [0.1, 0.15) is 33.5 Å². The molecule has 3 heterocycles. The molecule has 144 heavy (non-hydrogen) atoms. The minimum atomic E-state index is 0.142. The summed E-state index contributed by atoms with van der Waals surface area (Å²) in [5, 5.41) is 31.8. The van der Waals surface area contributed by atoms with Gasteiger partial charge < -0.3 is 13.3 Å². The molecule has 26 aromatic carbocycles. The Morgan fingerprint density at radius 3 is 1.09 bits per heavy atom. The number of hydrogen-bond donors (Lipinski definition) is 0. The van der Waals surface area contributed by atoms with E-state index in [1.54, 1.807) is 11.1 Å². The van der Waals surface area contributed by atoms with Crippen LogP contribution in [0.5, 0.6) is 0 Å². The first-order chi connectivity index (χ1) is 71.4. The Kier molecular flexibility index (Phi) is 19.3. The molecule has 3 nitrogen and oxygen atoms in total. The first-order valence-corrected chi connectivity index (χ1v) is 50.3. The fraction of sp³-hybridized carbons (Fsp3) is 0.0355. The molecule has 0 bridgehead atoms. The van der Waals surface area contributed by atoms with Gasteiger partial charge in [-0.3, -0.25) is 0 Å².